The summed E-state index contributed by atoms with van der Waals surface area (Å²) in [6.45, 7) is 0. The summed E-state index contributed by atoms with van der Waals surface area (Å²) in [5.41, 5.74) is 2.55. The van der Waals surface area contributed by atoms with E-state index in [4.69, 9.17) is 28.4 Å². The molecule has 0 heterocycles. The summed E-state index contributed by atoms with van der Waals surface area (Å²) in [5, 5.41) is 0. The van der Waals surface area contributed by atoms with E-state index in [0.29, 0.717) is 0 Å². The largest absolute Gasteiger partial charge is 3.00 e. The third-order valence-corrected chi connectivity index (χ3v) is 1.88. The van der Waals surface area contributed by atoms with Crippen molar-refractivity contribution in [2.75, 3.05) is 0 Å². The minimum atomic E-state index is -0.833. The van der Waals surface area contributed by atoms with Crippen molar-refractivity contribution >= 4 is 43.4 Å². The van der Waals surface area contributed by atoms with Crippen molar-refractivity contribution in [2.24, 2.45) is 0 Å². The van der Waals surface area contributed by atoms with Crippen LogP contribution in [0.3, 0.4) is 0 Å². The van der Waals surface area contributed by atoms with Gasteiger partial charge in [0, 0.05) is 0 Å². The van der Waals surface area contributed by atoms with Gasteiger partial charge in [-0.3, -0.25) is 0 Å². The predicted molar refractivity (Wildman–Crippen MR) is 87.1 cm³/mol. The van der Waals surface area contributed by atoms with E-state index in [1.165, 1.54) is 11.1 Å². The summed E-state index contributed by atoms with van der Waals surface area (Å²) in [6, 6.07) is 20.8. The molecule has 0 atom stereocenters. The van der Waals surface area contributed by atoms with Crippen molar-refractivity contribution in [3.05, 3.63) is 60.7 Å². The van der Waals surface area contributed by atoms with E-state index >= 15 is 0 Å². The predicted octanol–water partition coefficient (Wildman–Crippen LogP) is 3.53. The second-order valence-electron chi connectivity index (χ2n) is 2.98. The molecule has 0 fully saturated rings. The zero-order chi connectivity index (χ0) is 16.3. The van der Waals surface area contributed by atoms with Crippen molar-refractivity contribution in [2.45, 2.75) is 0 Å². The van der Waals surface area contributed by atoms with Crippen LogP contribution < -0.4 is 0 Å². The summed E-state index contributed by atoms with van der Waals surface area (Å²) in [6.07, 6.45) is 0. The van der Waals surface area contributed by atoms with E-state index in [2.05, 4.69) is 48.5 Å². The zero-order valence-electron chi connectivity index (χ0n) is 11.3. The fourth-order valence-electron chi connectivity index (χ4n) is 1.26. The molecule has 0 radical (unpaired) electrons. The van der Waals surface area contributed by atoms with E-state index in [-0.39, 0.29) is 17.4 Å². The summed E-state index contributed by atoms with van der Waals surface area (Å²) in [7, 11) is -2.50. The van der Waals surface area contributed by atoms with Crippen molar-refractivity contribution in [1.29, 1.82) is 0 Å². The van der Waals surface area contributed by atoms with Gasteiger partial charge in [0.2, 0.25) is 0 Å². The first kappa shape index (κ1) is 26.1. The third-order valence-electron chi connectivity index (χ3n) is 1.88. The molecule has 0 amide bonds. The Morgan fingerprint density at radius 1 is 0.545 bits per heavy atom. The first-order valence-electron chi connectivity index (χ1n) is 5.22. The molecule has 0 saturated heterocycles. The molecule has 0 unspecified atom stereocenters. The maximum absolute atomic E-state index is 8.46. The second-order valence-corrected chi connectivity index (χ2v) is 3.47. The topological polar surface area (TPSA) is 112 Å². The van der Waals surface area contributed by atoms with Crippen molar-refractivity contribution in [1.82, 2.24) is 0 Å². The minimum absolute atomic E-state index is 0. The Bertz CT molecular complexity index is 435. The van der Waals surface area contributed by atoms with E-state index in [1.807, 2.05) is 12.1 Å². The molecule has 0 aromatic heterocycles. The van der Waals surface area contributed by atoms with E-state index in [0.717, 1.165) is 0 Å². The maximum Gasteiger partial charge on any atom is 3.00 e. The fraction of sp³-hybridized carbons (Fsp3) is 0. The Hall–Kier alpha value is -0.848. The molecule has 6 nitrogen and oxygen atoms in total. The Kier molecular flexibility index (Phi) is 26.6. The molecule has 0 bridgehead atoms. The average Bonchev–Trinajstić information content (AvgIpc) is 2.51. The monoisotopic (exact) mass is 373 g/mol. The summed E-state index contributed by atoms with van der Waals surface area (Å²) >= 11 is 0. The molecule has 0 aliphatic heterocycles. The van der Waals surface area contributed by atoms with Gasteiger partial charge in [-0.25, -0.2) is 13.7 Å². The summed E-state index contributed by atoms with van der Waals surface area (Å²) in [5.74, 6) is 0. The normalized spacial score (nSPS) is 8.14. The number of hydrogen-bond acceptors (Lipinski definition) is 3. The maximum atomic E-state index is 8.46. The van der Waals surface area contributed by atoms with Crippen LogP contribution in [-0.2, 0) is 13.7 Å². The number of hydrogen-bond donors (Lipinski definition) is 3. The van der Waals surface area contributed by atoms with Gasteiger partial charge in [-0.1, -0.05) is 60.7 Å². The molecule has 22 heavy (non-hydrogen) atoms. The van der Waals surface area contributed by atoms with Crippen LogP contribution in [0.2, 0.25) is 0 Å². The van der Waals surface area contributed by atoms with Gasteiger partial charge in [0.25, 0.3) is 0 Å². The summed E-state index contributed by atoms with van der Waals surface area (Å²) < 4.78 is 25.4. The molecule has 0 spiro atoms. The van der Waals surface area contributed by atoms with Gasteiger partial charge in [0.05, 0.1) is 0 Å². The quantitative estimate of drug-likeness (QED) is 0.521. The average molecular weight is 373 g/mol. The first-order chi connectivity index (χ1) is 10.2. The smallest absolute Gasteiger partial charge is 0.310 e. The minimum Gasteiger partial charge on any atom is -0.310 e. The van der Waals surface area contributed by atoms with Crippen LogP contribution in [-0.4, -0.2) is 32.0 Å². The molecular formula is C12H13AlO6P3+3. The van der Waals surface area contributed by atoms with E-state index in [1.54, 1.807) is 0 Å². The fourth-order valence-corrected chi connectivity index (χ4v) is 1.26. The van der Waals surface area contributed by atoms with Crippen LogP contribution in [0.5, 0.6) is 0 Å². The van der Waals surface area contributed by atoms with Crippen LogP contribution >= 0.6 is 26.1 Å². The number of benzene rings is 2. The van der Waals surface area contributed by atoms with Gasteiger partial charge >= 0.3 is 43.4 Å². The van der Waals surface area contributed by atoms with Crippen molar-refractivity contribution in [3.8, 4) is 11.1 Å². The third kappa shape index (κ3) is 17.2. The van der Waals surface area contributed by atoms with Crippen LogP contribution in [0.4, 0.5) is 0 Å². The van der Waals surface area contributed by atoms with Crippen LogP contribution in [0.25, 0.3) is 11.1 Å². The Balaban J connectivity index is -0.000000307. The standard InChI is InChI=1S/C12H10.Al.3HO2P/c1-3-7-11(8-4-1)12-9-5-2-6-10-12;;3*1-3-2/h1-10H;;3*(H,1,2)/q;+3;;;. The molecule has 0 saturated carbocycles. The van der Waals surface area contributed by atoms with Gasteiger partial charge in [0.15, 0.2) is 0 Å². The molecule has 2 aromatic rings. The van der Waals surface area contributed by atoms with Crippen LogP contribution in [0, 0.1) is 0 Å². The molecule has 2 rings (SSSR count). The molecule has 0 aliphatic carbocycles. The summed E-state index contributed by atoms with van der Waals surface area (Å²) in [4.78, 5) is 21.0. The molecular weight excluding hydrogens is 360 g/mol. The zero-order valence-corrected chi connectivity index (χ0v) is 15.1. The first-order valence-corrected chi connectivity index (χ1v) is 7.51. The van der Waals surface area contributed by atoms with Gasteiger partial charge < -0.3 is 14.7 Å². The Morgan fingerprint density at radius 2 is 0.727 bits per heavy atom. The van der Waals surface area contributed by atoms with E-state index < -0.39 is 26.1 Å². The number of rotatable bonds is 1. The van der Waals surface area contributed by atoms with E-state index in [9.17, 15) is 0 Å². The van der Waals surface area contributed by atoms with Crippen LogP contribution in [0.15, 0.2) is 60.7 Å². The Labute approximate surface area is 143 Å². The van der Waals surface area contributed by atoms with Crippen molar-refractivity contribution < 1.29 is 28.4 Å². The molecule has 112 valence electrons. The molecule has 0 aliphatic rings. The van der Waals surface area contributed by atoms with Gasteiger partial charge in [-0.2, -0.15) is 0 Å². The SMILES string of the molecule is O=PO.O=PO.O=PO.[Al+3].c1ccc(-c2ccccc2)cc1. The Morgan fingerprint density at radius 3 is 0.909 bits per heavy atom. The van der Waals surface area contributed by atoms with Gasteiger partial charge in [-0.05, 0) is 11.1 Å². The van der Waals surface area contributed by atoms with Crippen LogP contribution in [0.1, 0.15) is 0 Å². The van der Waals surface area contributed by atoms with Crippen molar-refractivity contribution in [3.63, 3.8) is 0 Å². The van der Waals surface area contributed by atoms with Gasteiger partial charge in [0.1, 0.15) is 0 Å². The second kappa shape index (κ2) is 22.4. The molecule has 3 N–H and O–H groups in total. The molecule has 10 heteroatoms. The molecule has 2 aromatic carbocycles. The van der Waals surface area contributed by atoms with Gasteiger partial charge in [-0.15, -0.1) is 0 Å².